The summed E-state index contributed by atoms with van der Waals surface area (Å²) in [6, 6.07) is 2.46. The molecule has 0 radical (unpaired) electrons. The molecule has 2 aliphatic rings. The maximum atomic E-state index is 11.6. The maximum absolute atomic E-state index is 11.6. The lowest BCUT2D eigenvalue weighted by Gasteiger charge is -2.13. The lowest BCUT2D eigenvalue weighted by atomic mass is 10.1. The SMILES string of the molecule is N#CC1(C(=O)NC2CCCC2)CC1. The first-order chi connectivity index (χ1) is 6.27. The number of amides is 1. The van der Waals surface area contributed by atoms with Crippen molar-refractivity contribution in [2.75, 3.05) is 0 Å². The van der Waals surface area contributed by atoms with Gasteiger partial charge in [-0.3, -0.25) is 4.79 Å². The third kappa shape index (κ3) is 1.53. The van der Waals surface area contributed by atoms with E-state index in [2.05, 4.69) is 11.4 Å². The van der Waals surface area contributed by atoms with Crippen LogP contribution in [0.15, 0.2) is 0 Å². The molecule has 0 aromatic heterocycles. The van der Waals surface area contributed by atoms with E-state index in [-0.39, 0.29) is 5.91 Å². The molecule has 0 bridgehead atoms. The van der Waals surface area contributed by atoms with Gasteiger partial charge in [-0.05, 0) is 25.7 Å². The normalized spacial score (nSPS) is 25.2. The highest BCUT2D eigenvalue weighted by Crippen LogP contribution is 2.45. The van der Waals surface area contributed by atoms with E-state index in [4.69, 9.17) is 5.26 Å². The molecule has 0 aromatic carbocycles. The van der Waals surface area contributed by atoms with Crippen LogP contribution in [-0.2, 0) is 4.79 Å². The Morgan fingerprint density at radius 2 is 2.00 bits per heavy atom. The average molecular weight is 178 g/mol. The van der Waals surface area contributed by atoms with Crippen molar-refractivity contribution in [2.24, 2.45) is 5.41 Å². The Morgan fingerprint density at radius 3 is 2.46 bits per heavy atom. The Morgan fingerprint density at radius 1 is 1.38 bits per heavy atom. The topological polar surface area (TPSA) is 52.9 Å². The van der Waals surface area contributed by atoms with Crippen molar-refractivity contribution in [2.45, 2.75) is 44.6 Å². The molecule has 0 heterocycles. The van der Waals surface area contributed by atoms with Gasteiger partial charge in [-0.15, -0.1) is 0 Å². The fraction of sp³-hybridized carbons (Fsp3) is 0.800. The molecule has 0 unspecified atom stereocenters. The van der Waals surface area contributed by atoms with Crippen molar-refractivity contribution < 1.29 is 4.79 Å². The van der Waals surface area contributed by atoms with Gasteiger partial charge < -0.3 is 5.32 Å². The second-order valence-corrected chi connectivity index (χ2v) is 4.15. The summed E-state index contributed by atoms with van der Waals surface area (Å²) < 4.78 is 0. The van der Waals surface area contributed by atoms with E-state index in [0.717, 1.165) is 25.7 Å². The molecule has 1 amide bonds. The molecule has 2 rings (SSSR count). The van der Waals surface area contributed by atoms with E-state index in [1.165, 1.54) is 12.8 Å². The molecular formula is C10H14N2O. The first kappa shape index (κ1) is 8.55. The van der Waals surface area contributed by atoms with Gasteiger partial charge in [0, 0.05) is 6.04 Å². The molecular weight excluding hydrogens is 164 g/mol. The second-order valence-electron chi connectivity index (χ2n) is 4.15. The predicted octanol–water partition coefficient (Wildman–Crippen LogP) is 1.35. The van der Waals surface area contributed by atoms with Gasteiger partial charge in [0.05, 0.1) is 6.07 Å². The summed E-state index contributed by atoms with van der Waals surface area (Å²) in [6.45, 7) is 0. The van der Waals surface area contributed by atoms with Gasteiger partial charge in [0.25, 0.3) is 0 Å². The van der Waals surface area contributed by atoms with Crippen molar-refractivity contribution in [1.29, 1.82) is 5.26 Å². The van der Waals surface area contributed by atoms with Crippen molar-refractivity contribution in [1.82, 2.24) is 5.32 Å². The summed E-state index contributed by atoms with van der Waals surface area (Å²) >= 11 is 0. The number of hydrogen-bond donors (Lipinski definition) is 1. The molecule has 3 nitrogen and oxygen atoms in total. The Hall–Kier alpha value is -1.04. The standard InChI is InChI=1S/C10H14N2O/c11-7-10(5-6-10)9(13)12-8-3-1-2-4-8/h8H,1-6H2,(H,12,13). The third-order valence-corrected chi connectivity index (χ3v) is 3.09. The minimum Gasteiger partial charge on any atom is -0.352 e. The maximum Gasteiger partial charge on any atom is 0.240 e. The second kappa shape index (κ2) is 3.02. The zero-order chi connectivity index (χ0) is 9.31. The zero-order valence-electron chi connectivity index (χ0n) is 7.68. The number of nitriles is 1. The fourth-order valence-electron chi connectivity index (χ4n) is 1.91. The summed E-state index contributed by atoms with van der Waals surface area (Å²) in [5.41, 5.74) is -0.636. The molecule has 0 spiro atoms. The molecule has 0 aliphatic heterocycles. The van der Waals surface area contributed by atoms with Crippen molar-refractivity contribution in [3.8, 4) is 6.07 Å². The molecule has 2 fully saturated rings. The van der Waals surface area contributed by atoms with Crippen LogP contribution in [0.2, 0.25) is 0 Å². The highest BCUT2D eigenvalue weighted by atomic mass is 16.2. The summed E-state index contributed by atoms with van der Waals surface area (Å²) in [5, 5.41) is 11.8. The lowest BCUT2D eigenvalue weighted by Crippen LogP contribution is -2.37. The smallest absolute Gasteiger partial charge is 0.240 e. The number of hydrogen-bond acceptors (Lipinski definition) is 2. The summed E-state index contributed by atoms with van der Waals surface area (Å²) in [6.07, 6.45) is 6.11. The van der Waals surface area contributed by atoms with Gasteiger partial charge in [0.2, 0.25) is 5.91 Å². The van der Waals surface area contributed by atoms with Gasteiger partial charge in [0.1, 0.15) is 5.41 Å². The van der Waals surface area contributed by atoms with Crippen LogP contribution in [0.1, 0.15) is 38.5 Å². The summed E-state index contributed by atoms with van der Waals surface area (Å²) in [4.78, 5) is 11.6. The number of carbonyl (C=O) groups is 1. The first-order valence-electron chi connectivity index (χ1n) is 4.99. The van der Waals surface area contributed by atoms with Crippen LogP contribution in [-0.4, -0.2) is 11.9 Å². The van der Waals surface area contributed by atoms with Crippen LogP contribution in [0.5, 0.6) is 0 Å². The Bertz CT molecular complexity index is 257. The molecule has 13 heavy (non-hydrogen) atoms. The average Bonchev–Trinajstić information content (AvgIpc) is 2.79. The molecule has 1 N–H and O–H groups in total. The Kier molecular flexibility index (Phi) is 1.99. The highest BCUT2D eigenvalue weighted by Gasteiger charge is 2.51. The van der Waals surface area contributed by atoms with E-state index >= 15 is 0 Å². The first-order valence-corrected chi connectivity index (χ1v) is 4.99. The molecule has 0 atom stereocenters. The minimum absolute atomic E-state index is 0.0260. The molecule has 2 saturated carbocycles. The molecule has 0 aromatic rings. The third-order valence-electron chi connectivity index (χ3n) is 3.09. The zero-order valence-corrected chi connectivity index (χ0v) is 7.68. The van der Waals surface area contributed by atoms with Crippen molar-refractivity contribution in [3.63, 3.8) is 0 Å². The van der Waals surface area contributed by atoms with E-state index in [1.54, 1.807) is 0 Å². The van der Waals surface area contributed by atoms with Crippen LogP contribution in [0.3, 0.4) is 0 Å². The Labute approximate surface area is 78.1 Å². The Balaban J connectivity index is 1.88. The van der Waals surface area contributed by atoms with Crippen LogP contribution >= 0.6 is 0 Å². The largest absolute Gasteiger partial charge is 0.352 e. The molecule has 70 valence electrons. The predicted molar refractivity (Wildman–Crippen MR) is 47.7 cm³/mol. The van der Waals surface area contributed by atoms with Crippen LogP contribution in [0.25, 0.3) is 0 Å². The lowest BCUT2D eigenvalue weighted by molar-refractivity contribution is -0.125. The number of nitrogens with zero attached hydrogens (tertiary/aromatic N) is 1. The van der Waals surface area contributed by atoms with E-state index in [0.29, 0.717) is 6.04 Å². The minimum atomic E-state index is -0.636. The van der Waals surface area contributed by atoms with Crippen LogP contribution in [0.4, 0.5) is 0 Å². The van der Waals surface area contributed by atoms with Crippen LogP contribution in [0, 0.1) is 16.7 Å². The van der Waals surface area contributed by atoms with Crippen molar-refractivity contribution in [3.05, 3.63) is 0 Å². The van der Waals surface area contributed by atoms with E-state index < -0.39 is 5.41 Å². The van der Waals surface area contributed by atoms with Gasteiger partial charge in [0.15, 0.2) is 0 Å². The van der Waals surface area contributed by atoms with Gasteiger partial charge in [-0.2, -0.15) is 5.26 Å². The van der Waals surface area contributed by atoms with Gasteiger partial charge in [-0.25, -0.2) is 0 Å². The highest BCUT2D eigenvalue weighted by molar-refractivity contribution is 5.88. The fourth-order valence-corrected chi connectivity index (χ4v) is 1.91. The van der Waals surface area contributed by atoms with Gasteiger partial charge in [-0.1, -0.05) is 12.8 Å². The molecule has 2 aliphatic carbocycles. The van der Waals surface area contributed by atoms with Gasteiger partial charge >= 0.3 is 0 Å². The number of rotatable bonds is 2. The molecule has 3 heteroatoms. The number of carbonyl (C=O) groups excluding carboxylic acids is 1. The van der Waals surface area contributed by atoms with E-state index in [9.17, 15) is 4.79 Å². The van der Waals surface area contributed by atoms with Crippen molar-refractivity contribution >= 4 is 5.91 Å². The quantitative estimate of drug-likeness (QED) is 0.694. The molecule has 0 saturated heterocycles. The van der Waals surface area contributed by atoms with Crippen LogP contribution < -0.4 is 5.32 Å². The summed E-state index contributed by atoms with van der Waals surface area (Å²) in [5.74, 6) is -0.0260. The monoisotopic (exact) mass is 178 g/mol. The van der Waals surface area contributed by atoms with E-state index in [1.807, 2.05) is 0 Å². The number of nitrogens with one attached hydrogen (secondary N) is 1. The summed E-state index contributed by atoms with van der Waals surface area (Å²) in [7, 11) is 0.